The van der Waals surface area contributed by atoms with Gasteiger partial charge in [-0.2, -0.15) is 0 Å². The fourth-order valence-electron chi connectivity index (χ4n) is 2.93. The van der Waals surface area contributed by atoms with Crippen LogP contribution in [0.3, 0.4) is 0 Å². The number of rotatable bonds is 2. The number of benzene rings is 2. The number of hydrogen-bond acceptors (Lipinski definition) is 2. The van der Waals surface area contributed by atoms with E-state index in [9.17, 15) is 8.78 Å². The molecule has 0 aromatic heterocycles. The molecule has 0 saturated heterocycles. The van der Waals surface area contributed by atoms with Crippen LogP contribution in [0, 0.1) is 11.6 Å². The molecule has 1 aliphatic rings. The molecule has 132 valence electrons. The van der Waals surface area contributed by atoms with Crippen LogP contribution >= 0.6 is 0 Å². The Kier molecular flexibility index (Phi) is 5.99. The molecule has 0 unspecified atom stereocenters. The van der Waals surface area contributed by atoms with Crippen LogP contribution < -0.4 is 10.6 Å². The van der Waals surface area contributed by atoms with E-state index >= 15 is 0 Å². The third kappa shape index (κ3) is 4.78. The van der Waals surface area contributed by atoms with Gasteiger partial charge in [-0.15, -0.1) is 0 Å². The van der Waals surface area contributed by atoms with E-state index in [2.05, 4.69) is 15.6 Å². The molecule has 3 nitrogen and oxygen atoms in total. The fourth-order valence-corrected chi connectivity index (χ4v) is 2.93. The van der Waals surface area contributed by atoms with E-state index in [1.807, 2.05) is 24.3 Å². The largest absolute Gasteiger partial charge is 0.383 e. The smallest absolute Gasteiger partial charge is 0.131 e. The second kappa shape index (κ2) is 8.60. The van der Waals surface area contributed by atoms with Crippen molar-refractivity contribution in [2.24, 2.45) is 4.99 Å². The standard InChI is InChI=1S/C20H23F2N3/c21-16-8-7-9-17(22)15(16)14-24-20-12-3-1-2-6-13-23-18-10-4-5-11-19(18)25-20/h4-5,7-11,23H,1-3,6,12-14H2,(H,24,25). The first-order valence-electron chi connectivity index (χ1n) is 8.80. The van der Waals surface area contributed by atoms with Crippen molar-refractivity contribution in [1.29, 1.82) is 0 Å². The fraction of sp³-hybridized carbons (Fsp3) is 0.350. The number of nitrogens with one attached hydrogen (secondary N) is 2. The lowest BCUT2D eigenvalue weighted by atomic mass is 10.1. The number of amidine groups is 1. The molecule has 25 heavy (non-hydrogen) atoms. The molecule has 2 aromatic carbocycles. The lowest BCUT2D eigenvalue weighted by Crippen LogP contribution is -2.14. The number of para-hydroxylation sites is 2. The zero-order chi connectivity index (χ0) is 17.5. The second-order valence-corrected chi connectivity index (χ2v) is 6.22. The molecule has 0 amide bonds. The highest BCUT2D eigenvalue weighted by atomic mass is 19.1. The zero-order valence-electron chi connectivity index (χ0n) is 14.2. The van der Waals surface area contributed by atoms with Gasteiger partial charge in [0.1, 0.15) is 17.5 Å². The van der Waals surface area contributed by atoms with E-state index in [1.54, 1.807) is 0 Å². The molecule has 2 aromatic rings. The Morgan fingerprint density at radius 2 is 1.56 bits per heavy atom. The Labute approximate surface area is 147 Å². The molecule has 0 radical (unpaired) electrons. The Balaban J connectivity index is 1.83. The average Bonchev–Trinajstić information content (AvgIpc) is 2.65. The van der Waals surface area contributed by atoms with Crippen molar-refractivity contribution in [1.82, 2.24) is 0 Å². The van der Waals surface area contributed by atoms with E-state index in [-0.39, 0.29) is 12.1 Å². The first kappa shape index (κ1) is 17.4. The molecular weight excluding hydrogens is 320 g/mol. The minimum absolute atomic E-state index is 0.00354. The molecule has 0 atom stereocenters. The molecule has 1 aliphatic heterocycles. The highest BCUT2D eigenvalue weighted by Gasteiger charge is 2.10. The summed E-state index contributed by atoms with van der Waals surface area (Å²) in [6.07, 6.45) is 5.18. The van der Waals surface area contributed by atoms with Crippen LogP contribution in [0.5, 0.6) is 0 Å². The van der Waals surface area contributed by atoms with Gasteiger partial charge < -0.3 is 10.6 Å². The number of halogens is 2. The Hall–Kier alpha value is -2.43. The third-order valence-corrected chi connectivity index (χ3v) is 4.35. The molecule has 0 bridgehead atoms. The van der Waals surface area contributed by atoms with Gasteiger partial charge in [0.2, 0.25) is 0 Å². The maximum Gasteiger partial charge on any atom is 0.131 e. The zero-order valence-corrected chi connectivity index (χ0v) is 14.2. The van der Waals surface area contributed by atoms with Crippen molar-refractivity contribution in [3.8, 4) is 0 Å². The van der Waals surface area contributed by atoms with Gasteiger partial charge >= 0.3 is 0 Å². The van der Waals surface area contributed by atoms with Crippen molar-refractivity contribution >= 4 is 17.2 Å². The lowest BCUT2D eigenvalue weighted by molar-refractivity contribution is 0.557. The van der Waals surface area contributed by atoms with Gasteiger partial charge in [0.15, 0.2) is 0 Å². The van der Waals surface area contributed by atoms with E-state index in [1.165, 1.54) is 18.2 Å². The van der Waals surface area contributed by atoms with Crippen molar-refractivity contribution in [2.45, 2.75) is 38.6 Å². The summed E-state index contributed by atoms with van der Waals surface area (Å²) in [6, 6.07) is 11.9. The summed E-state index contributed by atoms with van der Waals surface area (Å²) < 4.78 is 27.6. The second-order valence-electron chi connectivity index (χ2n) is 6.22. The molecule has 3 rings (SSSR count). The molecule has 0 fully saturated rings. The summed E-state index contributed by atoms with van der Waals surface area (Å²) in [7, 11) is 0. The van der Waals surface area contributed by atoms with Gasteiger partial charge in [-0.3, -0.25) is 4.99 Å². The van der Waals surface area contributed by atoms with Gasteiger partial charge in [0.05, 0.1) is 17.9 Å². The van der Waals surface area contributed by atoms with Crippen LogP contribution in [0.15, 0.2) is 47.5 Å². The van der Waals surface area contributed by atoms with Crippen LogP contribution in [0.4, 0.5) is 20.2 Å². The van der Waals surface area contributed by atoms with Crippen molar-refractivity contribution < 1.29 is 8.78 Å². The van der Waals surface area contributed by atoms with E-state index in [4.69, 9.17) is 0 Å². The van der Waals surface area contributed by atoms with Crippen molar-refractivity contribution in [2.75, 3.05) is 17.2 Å². The van der Waals surface area contributed by atoms with Crippen LogP contribution in [0.2, 0.25) is 0 Å². The van der Waals surface area contributed by atoms with Gasteiger partial charge in [-0.05, 0) is 37.1 Å². The lowest BCUT2D eigenvalue weighted by Gasteiger charge is -2.14. The summed E-state index contributed by atoms with van der Waals surface area (Å²) in [4.78, 5) is 4.48. The Bertz CT molecular complexity index is 723. The van der Waals surface area contributed by atoms with Crippen LogP contribution in [0.25, 0.3) is 0 Å². The topological polar surface area (TPSA) is 36.4 Å². The number of hydrogen-bond donors (Lipinski definition) is 2. The summed E-state index contributed by atoms with van der Waals surface area (Å²) in [5.74, 6) is -0.343. The number of fused-ring (bicyclic) bond motifs is 1. The molecule has 1 heterocycles. The minimum atomic E-state index is -0.553. The van der Waals surface area contributed by atoms with Crippen LogP contribution in [-0.4, -0.2) is 12.4 Å². The average molecular weight is 343 g/mol. The Morgan fingerprint density at radius 1 is 0.840 bits per heavy atom. The Morgan fingerprint density at radius 3 is 2.36 bits per heavy atom. The predicted molar refractivity (Wildman–Crippen MR) is 99.1 cm³/mol. The molecule has 0 saturated carbocycles. The quantitative estimate of drug-likeness (QED) is 0.771. The molecule has 2 N–H and O–H groups in total. The highest BCUT2D eigenvalue weighted by Crippen LogP contribution is 2.23. The minimum Gasteiger partial charge on any atom is -0.383 e. The molecule has 5 heteroatoms. The number of aliphatic imine (C=N–C) groups is 1. The van der Waals surface area contributed by atoms with E-state index < -0.39 is 11.6 Å². The van der Waals surface area contributed by atoms with Crippen molar-refractivity contribution in [3.05, 3.63) is 59.7 Å². The summed E-state index contributed by atoms with van der Waals surface area (Å²) >= 11 is 0. The number of anilines is 2. The summed E-state index contributed by atoms with van der Waals surface area (Å²) in [6.45, 7) is 0.933. The van der Waals surface area contributed by atoms with Gasteiger partial charge in [-0.1, -0.05) is 31.0 Å². The van der Waals surface area contributed by atoms with E-state index in [0.29, 0.717) is 0 Å². The maximum absolute atomic E-state index is 13.8. The van der Waals surface area contributed by atoms with Crippen molar-refractivity contribution in [3.63, 3.8) is 0 Å². The van der Waals surface area contributed by atoms with Gasteiger partial charge in [-0.25, -0.2) is 8.78 Å². The first-order chi connectivity index (χ1) is 12.2. The first-order valence-corrected chi connectivity index (χ1v) is 8.80. The summed E-state index contributed by atoms with van der Waals surface area (Å²) in [5, 5.41) is 6.78. The van der Waals surface area contributed by atoms with Crippen LogP contribution in [-0.2, 0) is 6.54 Å². The number of nitrogens with zero attached hydrogens (tertiary/aromatic N) is 1. The highest BCUT2D eigenvalue weighted by molar-refractivity contribution is 5.98. The third-order valence-electron chi connectivity index (χ3n) is 4.35. The predicted octanol–water partition coefficient (Wildman–Crippen LogP) is 5.35. The van der Waals surface area contributed by atoms with Crippen LogP contribution in [0.1, 0.15) is 37.7 Å². The molecule has 0 spiro atoms. The molecule has 0 aliphatic carbocycles. The maximum atomic E-state index is 13.8. The monoisotopic (exact) mass is 343 g/mol. The SMILES string of the molecule is Fc1cccc(F)c1CN=C1CCCCCCNc2ccccc2N1. The van der Waals surface area contributed by atoms with Gasteiger partial charge in [0, 0.05) is 18.5 Å². The summed E-state index contributed by atoms with van der Waals surface area (Å²) in [5.41, 5.74) is 1.98. The normalized spacial score (nSPS) is 17.1. The van der Waals surface area contributed by atoms with E-state index in [0.717, 1.165) is 55.9 Å². The van der Waals surface area contributed by atoms with Gasteiger partial charge in [0.25, 0.3) is 0 Å². The molecular formula is C20H23F2N3.